The molecule has 1 N–H and O–H groups in total. The maximum absolute atomic E-state index is 14.1. The molecule has 0 fully saturated rings. The van der Waals surface area contributed by atoms with Crippen LogP contribution in [0.25, 0.3) is 11.0 Å². The molecule has 9 heteroatoms. The number of fused-ring (bicyclic) bond motifs is 1. The van der Waals surface area contributed by atoms with Crippen molar-refractivity contribution in [1.82, 2.24) is 25.2 Å². The first-order valence-corrected chi connectivity index (χ1v) is 12.9. The molecule has 4 aromatic rings. The Hall–Kier alpha value is -4.40. The summed E-state index contributed by atoms with van der Waals surface area (Å²) in [6, 6.07) is 21.7. The predicted molar refractivity (Wildman–Crippen MR) is 150 cm³/mol. The zero-order chi connectivity index (χ0) is 28.0. The molecule has 9 nitrogen and oxygen atoms in total. The lowest BCUT2D eigenvalue weighted by atomic mass is 9.99. The third-order valence-corrected chi connectivity index (χ3v) is 6.30. The van der Waals surface area contributed by atoms with Crippen LogP contribution in [0, 0.1) is 0 Å². The van der Waals surface area contributed by atoms with Gasteiger partial charge in [-0.1, -0.05) is 59.8 Å². The summed E-state index contributed by atoms with van der Waals surface area (Å²) in [7, 11) is 3.07. The van der Waals surface area contributed by atoms with E-state index in [0.717, 1.165) is 11.1 Å². The number of nitrogens with zero attached hydrogens (tertiary/aromatic N) is 4. The third kappa shape index (κ3) is 6.54. The van der Waals surface area contributed by atoms with Crippen molar-refractivity contribution >= 4 is 22.8 Å². The van der Waals surface area contributed by atoms with Crippen molar-refractivity contribution in [3.8, 4) is 11.5 Å². The third-order valence-electron chi connectivity index (χ3n) is 6.30. The average molecular weight is 530 g/mol. The maximum atomic E-state index is 14.1. The van der Waals surface area contributed by atoms with Crippen LogP contribution in [-0.4, -0.2) is 58.0 Å². The van der Waals surface area contributed by atoms with Crippen LogP contribution in [0.1, 0.15) is 37.9 Å². The molecule has 0 saturated carbocycles. The average Bonchev–Trinajstić information content (AvgIpc) is 3.32. The van der Waals surface area contributed by atoms with Crippen molar-refractivity contribution in [1.29, 1.82) is 0 Å². The molecule has 4 rings (SSSR count). The maximum Gasteiger partial charge on any atom is 0.247 e. The SMILES string of the molecule is COc1cccc(C(C(=O)NC(C)(C)C)N(CCc2ccccc2)C(=O)Cn2nnc3ccccc32)c1OC. The van der Waals surface area contributed by atoms with E-state index in [1.165, 1.54) is 7.11 Å². The summed E-state index contributed by atoms with van der Waals surface area (Å²) in [5.74, 6) is 0.276. The number of hydrogen-bond acceptors (Lipinski definition) is 6. The van der Waals surface area contributed by atoms with Gasteiger partial charge < -0.3 is 19.7 Å². The highest BCUT2D eigenvalue weighted by molar-refractivity contribution is 5.90. The van der Waals surface area contributed by atoms with Gasteiger partial charge in [-0.15, -0.1) is 5.10 Å². The van der Waals surface area contributed by atoms with Crippen LogP contribution in [0.15, 0.2) is 72.8 Å². The van der Waals surface area contributed by atoms with Gasteiger partial charge in [0.25, 0.3) is 0 Å². The molecule has 0 aliphatic carbocycles. The van der Waals surface area contributed by atoms with Gasteiger partial charge in [-0.25, -0.2) is 4.68 Å². The number of methoxy groups -OCH3 is 2. The minimum Gasteiger partial charge on any atom is -0.493 e. The van der Waals surface area contributed by atoms with E-state index in [-0.39, 0.29) is 24.9 Å². The minimum atomic E-state index is -0.986. The Kier molecular flexibility index (Phi) is 8.49. The minimum absolute atomic E-state index is 0.0825. The van der Waals surface area contributed by atoms with Gasteiger partial charge in [0.15, 0.2) is 11.5 Å². The monoisotopic (exact) mass is 529 g/mol. The fraction of sp³-hybridized carbons (Fsp3) is 0.333. The van der Waals surface area contributed by atoms with Crippen LogP contribution in [0.2, 0.25) is 0 Å². The van der Waals surface area contributed by atoms with E-state index in [2.05, 4.69) is 15.6 Å². The molecule has 0 aliphatic heterocycles. The predicted octanol–water partition coefficient (Wildman–Crippen LogP) is 4.18. The largest absolute Gasteiger partial charge is 0.493 e. The van der Waals surface area contributed by atoms with Gasteiger partial charge in [0.1, 0.15) is 18.1 Å². The molecule has 204 valence electrons. The second kappa shape index (κ2) is 12.0. The molecule has 3 aromatic carbocycles. The lowest BCUT2D eigenvalue weighted by Gasteiger charge is -2.34. The van der Waals surface area contributed by atoms with Crippen LogP contribution in [0.5, 0.6) is 11.5 Å². The fourth-order valence-corrected chi connectivity index (χ4v) is 4.56. The second-order valence-electron chi connectivity index (χ2n) is 10.3. The van der Waals surface area contributed by atoms with E-state index in [1.54, 1.807) is 34.9 Å². The molecule has 1 unspecified atom stereocenters. The number of carbonyl (C=O) groups is 2. The van der Waals surface area contributed by atoms with Crippen LogP contribution in [-0.2, 0) is 22.6 Å². The summed E-state index contributed by atoms with van der Waals surface area (Å²) in [4.78, 5) is 29.7. The Labute approximate surface area is 228 Å². The fourth-order valence-electron chi connectivity index (χ4n) is 4.56. The Bertz CT molecular complexity index is 1430. The lowest BCUT2D eigenvalue weighted by Crippen LogP contribution is -2.50. The van der Waals surface area contributed by atoms with E-state index in [1.807, 2.05) is 75.4 Å². The zero-order valence-electron chi connectivity index (χ0n) is 23.0. The zero-order valence-corrected chi connectivity index (χ0v) is 23.0. The number of amides is 2. The van der Waals surface area contributed by atoms with Crippen molar-refractivity contribution in [3.63, 3.8) is 0 Å². The molecule has 1 aromatic heterocycles. The lowest BCUT2D eigenvalue weighted by molar-refractivity contribution is -0.142. The number of aromatic nitrogens is 3. The quantitative estimate of drug-likeness (QED) is 0.331. The van der Waals surface area contributed by atoms with Gasteiger partial charge in [-0.05, 0) is 51.0 Å². The number of ether oxygens (including phenoxy) is 2. The van der Waals surface area contributed by atoms with E-state index < -0.39 is 11.6 Å². The molecule has 1 heterocycles. The van der Waals surface area contributed by atoms with E-state index in [4.69, 9.17) is 9.47 Å². The van der Waals surface area contributed by atoms with Crippen LogP contribution in [0.4, 0.5) is 0 Å². The molecule has 0 aliphatic rings. The summed E-state index contributed by atoms with van der Waals surface area (Å²) < 4.78 is 12.8. The Morgan fingerprint density at radius 2 is 1.67 bits per heavy atom. The van der Waals surface area contributed by atoms with Crippen LogP contribution < -0.4 is 14.8 Å². The van der Waals surface area contributed by atoms with Gasteiger partial charge in [0.05, 0.1) is 19.7 Å². The Morgan fingerprint density at radius 1 is 0.949 bits per heavy atom. The van der Waals surface area contributed by atoms with Crippen molar-refractivity contribution < 1.29 is 19.1 Å². The van der Waals surface area contributed by atoms with E-state index in [0.29, 0.717) is 29.0 Å². The standard InChI is InChI=1S/C30H35N5O4/c1-30(2,3)31-29(37)27(22-14-11-17-25(38-4)28(22)39-5)34(19-18-21-12-7-6-8-13-21)26(36)20-35-24-16-10-9-15-23(24)32-33-35/h6-17,27H,18-20H2,1-5H3,(H,31,37). The first-order valence-electron chi connectivity index (χ1n) is 12.9. The normalized spacial score (nSPS) is 12.1. The Balaban J connectivity index is 1.80. The van der Waals surface area contributed by atoms with Crippen molar-refractivity contribution in [2.45, 2.75) is 45.3 Å². The summed E-state index contributed by atoms with van der Waals surface area (Å²) in [6.45, 7) is 5.92. The van der Waals surface area contributed by atoms with Crippen LogP contribution in [0.3, 0.4) is 0 Å². The molecule has 1 atom stereocenters. The highest BCUT2D eigenvalue weighted by Gasteiger charge is 2.36. The number of para-hydroxylation sites is 2. The summed E-state index contributed by atoms with van der Waals surface area (Å²) in [5.41, 5.74) is 2.48. The number of nitrogens with one attached hydrogen (secondary N) is 1. The topological polar surface area (TPSA) is 98.6 Å². The molecule has 0 saturated heterocycles. The molecule has 2 amide bonds. The van der Waals surface area contributed by atoms with Gasteiger partial charge >= 0.3 is 0 Å². The van der Waals surface area contributed by atoms with Crippen molar-refractivity contribution in [3.05, 3.63) is 83.9 Å². The van der Waals surface area contributed by atoms with E-state index in [9.17, 15) is 9.59 Å². The summed E-state index contributed by atoms with van der Waals surface area (Å²) in [5, 5.41) is 11.5. The molecular weight excluding hydrogens is 494 g/mol. The highest BCUT2D eigenvalue weighted by Crippen LogP contribution is 2.37. The Morgan fingerprint density at radius 3 is 2.36 bits per heavy atom. The molecule has 0 bridgehead atoms. The number of rotatable bonds is 10. The van der Waals surface area contributed by atoms with Gasteiger partial charge in [-0.2, -0.15) is 0 Å². The van der Waals surface area contributed by atoms with Gasteiger partial charge in [0, 0.05) is 17.6 Å². The van der Waals surface area contributed by atoms with Crippen molar-refractivity contribution in [2.24, 2.45) is 0 Å². The first kappa shape index (κ1) is 27.6. The number of carbonyl (C=O) groups excluding carboxylic acids is 2. The number of hydrogen-bond donors (Lipinski definition) is 1. The molecule has 0 radical (unpaired) electrons. The van der Waals surface area contributed by atoms with E-state index >= 15 is 0 Å². The summed E-state index contributed by atoms with van der Waals surface area (Å²) in [6.07, 6.45) is 0.552. The molecule has 39 heavy (non-hydrogen) atoms. The highest BCUT2D eigenvalue weighted by atomic mass is 16.5. The van der Waals surface area contributed by atoms with Gasteiger partial charge in [-0.3, -0.25) is 9.59 Å². The first-order chi connectivity index (χ1) is 18.7. The van der Waals surface area contributed by atoms with Crippen molar-refractivity contribution in [2.75, 3.05) is 20.8 Å². The summed E-state index contributed by atoms with van der Waals surface area (Å²) >= 11 is 0. The molecular formula is C30H35N5O4. The van der Waals surface area contributed by atoms with Crippen LogP contribution >= 0.6 is 0 Å². The number of benzene rings is 3. The van der Waals surface area contributed by atoms with Gasteiger partial charge in [0.2, 0.25) is 11.8 Å². The second-order valence-corrected chi connectivity index (χ2v) is 10.3. The molecule has 0 spiro atoms. The smallest absolute Gasteiger partial charge is 0.247 e.